The summed E-state index contributed by atoms with van der Waals surface area (Å²) in [6.45, 7) is 0.357. The average molecular weight is 414 g/mol. The fraction of sp³-hybridized carbons (Fsp3) is 0.609. The van der Waals surface area contributed by atoms with E-state index < -0.39 is 0 Å². The maximum absolute atomic E-state index is 12.9. The highest BCUT2D eigenvalue weighted by molar-refractivity contribution is 6.00. The largest absolute Gasteiger partial charge is 0.497 e. The van der Waals surface area contributed by atoms with Crippen molar-refractivity contribution in [2.24, 2.45) is 5.92 Å². The fourth-order valence-electron chi connectivity index (χ4n) is 4.53. The van der Waals surface area contributed by atoms with Crippen molar-refractivity contribution < 1.29 is 19.1 Å². The Bertz CT molecular complexity index is 784. The lowest BCUT2D eigenvalue weighted by atomic mass is 10.0. The summed E-state index contributed by atoms with van der Waals surface area (Å²) in [6, 6.07) is 7.42. The van der Waals surface area contributed by atoms with Gasteiger partial charge < -0.3 is 14.5 Å². The van der Waals surface area contributed by atoms with Gasteiger partial charge in [0.05, 0.1) is 7.11 Å². The van der Waals surface area contributed by atoms with Crippen molar-refractivity contribution in [1.82, 2.24) is 9.80 Å². The Morgan fingerprint density at radius 2 is 1.80 bits per heavy atom. The summed E-state index contributed by atoms with van der Waals surface area (Å²) in [4.78, 5) is 43.1. The number of amides is 3. The lowest BCUT2D eigenvalue weighted by Gasteiger charge is -2.25. The summed E-state index contributed by atoms with van der Waals surface area (Å²) < 4.78 is 5.16. The van der Waals surface area contributed by atoms with E-state index in [-0.39, 0.29) is 43.5 Å². The van der Waals surface area contributed by atoms with E-state index in [1.54, 1.807) is 33.9 Å². The molecule has 0 aromatic heterocycles. The third-order valence-electron chi connectivity index (χ3n) is 6.53. The van der Waals surface area contributed by atoms with Gasteiger partial charge in [-0.25, -0.2) is 0 Å². The van der Waals surface area contributed by atoms with Crippen LogP contribution in [0.4, 0.5) is 5.69 Å². The smallest absolute Gasteiger partial charge is 0.248 e. The number of hydrogen-bond donors (Lipinski definition) is 0. The third-order valence-corrected chi connectivity index (χ3v) is 6.53. The molecule has 1 heterocycles. The number of anilines is 1. The van der Waals surface area contributed by atoms with Crippen molar-refractivity contribution in [2.75, 3.05) is 31.8 Å². The number of methoxy groups -OCH3 is 1. The quantitative estimate of drug-likeness (QED) is 0.657. The summed E-state index contributed by atoms with van der Waals surface area (Å²) in [5.41, 5.74) is 0.739. The Kier molecular flexibility index (Phi) is 6.25. The number of ether oxygens (including phenoxy) is 1. The molecule has 2 aliphatic carbocycles. The molecule has 7 nitrogen and oxygen atoms in total. The molecule has 3 amide bonds. The predicted octanol–water partition coefficient (Wildman–Crippen LogP) is 2.79. The summed E-state index contributed by atoms with van der Waals surface area (Å²) in [5.74, 6) is 1.21. The molecule has 1 aliphatic heterocycles. The zero-order chi connectivity index (χ0) is 21.1. The van der Waals surface area contributed by atoms with Gasteiger partial charge in [0, 0.05) is 18.2 Å². The van der Waals surface area contributed by atoms with Crippen LogP contribution in [0, 0.1) is 5.92 Å². The zero-order valence-electron chi connectivity index (χ0n) is 17.7. The zero-order valence-corrected chi connectivity index (χ0v) is 17.7. The minimum absolute atomic E-state index is 0.0552. The van der Waals surface area contributed by atoms with Crippen LogP contribution >= 0.6 is 0 Å². The molecule has 30 heavy (non-hydrogen) atoms. The van der Waals surface area contributed by atoms with E-state index >= 15 is 0 Å². The highest BCUT2D eigenvalue weighted by atomic mass is 16.5. The van der Waals surface area contributed by atoms with Crippen molar-refractivity contribution in [3.8, 4) is 5.75 Å². The molecular weight excluding hydrogens is 382 g/mol. The van der Waals surface area contributed by atoms with Gasteiger partial charge >= 0.3 is 0 Å². The number of hydrogen-bond acceptors (Lipinski definition) is 4. The highest BCUT2D eigenvalue weighted by Crippen LogP contribution is 2.31. The standard InChI is InChI=1S/C23H31N3O4/c1-30-20-11-9-19(10-12-20)26-16-24(14-23(26)29)22(28)15-25(18-7-8-18)21(27)13-6-17-4-2-3-5-17/h9-12,17-18H,2-8,13-16H2,1H3. The predicted molar refractivity (Wildman–Crippen MR) is 113 cm³/mol. The molecule has 162 valence electrons. The second kappa shape index (κ2) is 9.06. The molecule has 3 fully saturated rings. The second-order valence-corrected chi connectivity index (χ2v) is 8.69. The van der Waals surface area contributed by atoms with E-state index in [1.807, 2.05) is 12.1 Å². The molecule has 0 unspecified atom stereocenters. The van der Waals surface area contributed by atoms with Crippen molar-refractivity contribution in [2.45, 2.75) is 57.4 Å². The Morgan fingerprint density at radius 3 is 2.43 bits per heavy atom. The first-order valence-electron chi connectivity index (χ1n) is 11.1. The minimum Gasteiger partial charge on any atom is -0.497 e. The molecular formula is C23H31N3O4. The van der Waals surface area contributed by atoms with Crippen LogP contribution in [-0.2, 0) is 14.4 Å². The molecule has 1 saturated heterocycles. The molecule has 0 bridgehead atoms. The van der Waals surface area contributed by atoms with Gasteiger partial charge in [-0.3, -0.25) is 19.3 Å². The van der Waals surface area contributed by atoms with Crippen LogP contribution in [0.3, 0.4) is 0 Å². The Morgan fingerprint density at radius 1 is 1.10 bits per heavy atom. The van der Waals surface area contributed by atoms with Gasteiger partial charge in [-0.1, -0.05) is 25.7 Å². The van der Waals surface area contributed by atoms with Crippen LogP contribution in [0.25, 0.3) is 0 Å². The molecule has 4 rings (SSSR count). The minimum atomic E-state index is -0.152. The van der Waals surface area contributed by atoms with Gasteiger partial charge in [0.25, 0.3) is 0 Å². The van der Waals surface area contributed by atoms with Crippen LogP contribution in [0.5, 0.6) is 5.75 Å². The van der Waals surface area contributed by atoms with Crippen LogP contribution < -0.4 is 9.64 Å². The first-order chi connectivity index (χ1) is 14.5. The van der Waals surface area contributed by atoms with Gasteiger partial charge in [-0.15, -0.1) is 0 Å². The number of carbonyl (C=O) groups is 3. The lowest BCUT2D eigenvalue weighted by Crippen LogP contribution is -2.43. The monoisotopic (exact) mass is 413 g/mol. The Hall–Kier alpha value is -2.57. The van der Waals surface area contributed by atoms with Crippen LogP contribution in [0.2, 0.25) is 0 Å². The van der Waals surface area contributed by atoms with E-state index in [9.17, 15) is 14.4 Å². The molecule has 0 atom stereocenters. The Labute approximate surface area is 177 Å². The summed E-state index contributed by atoms with van der Waals surface area (Å²) in [6.07, 6.45) is 8.42. The van der Waals surface area contributed by atoms with Crippen molar-refractivity contribution in [1.29, 1.82) is 0 Å². The molecule has 1 aromatic carbocycles. The number of rotatable bonds is 8. The number of benzene rings is 1. The first-order valence-corrected chi connectivity index (χ1v) is 11.1. The summed E-state index contributed by atoms with van der Waals surface area (Å²) in [5, 5.41) is 0. The molecule has 7 heteroatoms. The van der Waals surface area contributed by atoms with Gasteiger partial charge in [0.1, 0.15) is 25.5 Å². The maximum Gasteiger partial charge on any atom is 0.248 e. The van der Waals surface area contributed by atoms with Gasteiger partial charge in [-0.2, -0.15) is 0 Å². The first kappa shape index (κ1) is 20.7. The Balaban J connectivity index is 1.33. The van der Waals surface area contributed by atoms with Crippen molar-refractivity contribution in [3.05, 3.63) is 24.3 Å². The van der Waals surface area contributed by atoms with E-state index in [0.29, 0.717) is 12.3 Å². The molecule has 2 saturated carbocycles. The topological polar surface area (TPSA) is 70.2 Å². The van der Waals surface area contributed by atoms with E-state index in [1.165, 1.54) is 25.7 Å². The summed E-state index contributed by atoms with van der Waals surface area (Å²) in [7, 11) is 1.59. The van der Waals surface area contributed by atoms with Gasteiger partial charge in [-0.05, 0) is 49.4 Å². The number of carbonyl (C=O) groups excluding carboxylic acids is 3. The highest BCUT2D eigenvalue weighted by Gasteiger charge is 2.37. The average Bonchev–Trinajstić information content (AvgIpc) is 3.31. The van der Waals surface area contributed by atoms with Crippen LogP contribution in [-0.4, -0.2) is 60.4 Å². The van der Waals surface area contributed by atoms with Gasteiger partial charge in [0.2, 0.25) is 17.7 Å². The lowest BCUT2D eigenvalue weighted by molar-refractivity contribution is -0.141. The molecule has 3 aliphatic rings. The molecule has 0 radical (unpaired) electrons. The van der Waals surface area contributed by atoms with Crippen LogP contribution in [0.1, 0.15) is 51.4 Å². The molecule has 0 N–H and O–H groups in total. The van der Waals surface area contributed by atoms with Gasteiger partial charge in [0.15, 0.2) is 0 Å². The van der Waals surface area contributed by atoms with E-state index in [0.717, 1.165) is 30.7 Å². The third kappa shape index (κ3) is 4.77. The normalized spacial score (nSPS) is 19.4. The van der Waals surface area contributed by atoms with E-state index in [2.05, 4.69) is 0 Å². The fourth-order valence-corrected chi connectivity index (χ4v) is 4.53. The number of nitrogens with zero attached hydrogens (tertiary/aromatic N) is 3. The summed E-state index contributed by atoms with van der Waals surface area (Å²) >= 11 is 0. The molecule has 1 aromatic rings. The van der Waals surface area contributed by atoms with Crippen LogP contribution in [0.15, 0.2) is 24.3 Å². The second-order valence-electron chi connectivity index (χ2n) is 8.69. The molecule has 0 spiro atoms. The SMILES string of the molecule is COc1ccc(N2CN(C(=O)CN(C(=O)CCC3CCCC3)C3CC3)CC2=O)cc1. The maximum atomic E-state index is 12.9. The van der Waals surface area contributed by atoms with E-state index in [4.69, 9.17) is 4.74 Å². The van der Waals surface area contributed by atoms with Crippen molar-refractivity contribution >= 4 is 23.4 Å². The van der Waals surface area contributed by atoms with Crippen molar-refractivity contribution in [3.63, 3.8) is 0 Å².